The summed E-state index contributed by atoms with van der Waals surface area (Å²) >= 11 is 0. The van der Waals surface area contributed by atoms with E-state index in [0.717, 1.165) is 0 Å². The minimum Gasteiger partial charge on any atom is -0.396 e. The predicted molar refractivity (Wildman–Crippen MR) is 136 cm³/mol. The molecule has 33 heavy (non-hydrogen) atoms. The third-order valence-corrected chi connectivity index (χ3v) is 5.01. The van der Waals surface area contributed by atoms with Crippen LogP contribution in [0.25, 0.3) is 0 Å². The van der Waals surface area contributed by atoms with Crippen molar-refractivity contribution in [1.82, 2.24) is 0 Å². The fourth-order valence-corrected chi connectivity index (χ4v) is 3.67. The molecule has 0 aromatic carbocycles. The molecule has 0 saturated carbocycles. The Morgan fingerprint density at radius 3 is 0.697 bits per heavy atom. The van der Waals surface area contributed by atoms with Gasteiger partial charge in [-0.25, -0.2) is 0 Å². The molecule has 0 radical (unpaired) electrons. The van der Waals surface area contributed by atoms with Gasteiger partial charge in [0, 0.05) is 46.0 Å². The molecular formula is C24H58O7SiZr. The first kappa shape index (κ1) is 43.9. The first-order valence-electron chi connectivity index (χ1n) is 11.6. The zero-order valence-electron chi connectivity index (χ0n) is 24.4. The van der Waals surface area contributed by atoms with Crippen LogP contribution in [-0.4, -0.2) is 65.8 Å². The topological polar surface area (TPSA) is 109 Å². The van der Waals surface area contributed by atoms with E-state index in [1.807, 2.05) is 104 Å². The molecule has 7 nitrogen and oxygen atoms in total. The molecule has 0 aromatic heterocycles. The van der Waals surface area contributed by atoms with Gasteiger partial charge in [0.1, 0.15) is 0 Å². The Morgan fingerprint density at radius 1 is 0.515 bits per heavy atom. The van der Waals surface area contributed by atoms with Crippen LogP contribution in [-0.2, 0) is 39.5 Å². The Balaban J connectivity index is -0.000000133. The van der Waals surface area contributed by atoms with E-state index < -0.39 is 25.9 Å². The van der Waals surface area contributed by atoms with Crippen LogP contribution in [0.5, 0.6) is 0 Å². The molecule has 0 rings (SSSR count). The molecule has 0 spiro atoms. The van der Waals surface area contributed by atoms with Crippen molar-refractivity contribution in [2.45, 2.75) is 121 Å². The Morgan fingerprint density at radius 2 is 0.636 bits per heavy atom. The third-order valence-electron chi connectivity index (χ3n) is 2.40. The average Bonchev–Trinajstić information content (AvgIpc) is 2.50. The number of aliphatic hydroxyl groups is 3. The van der Waals surface area contributed by atoms with Gasteiger partial charge in [-0.15, -0.1) is 0 Å². The van der Waals surface area contributed by atoms with Crippen LogP contribution < -0.4 is 0 Å². The number of hydrogen-bond donors (Lipinski definition) is 4. The largest absolute Gasteiger partial charge is 0.678 e. The molecule has 0 amide bonds. The number of rotatable bonds is 6. The van der Waals surface area contributed by atoms with Gasteiger partial charge in [-0.3, -0.25) is 0 Å². The van der Waals surface area contributed by atoms with Crippen LogP contribution in [0.3, 0.4) is 0 Å². The fourth-order valence-electron chi connectivity index (χ4n) is 1.22. The van der Waals surface area contributed by atoms with Crippen LogP contribution >= 0.6 is 0 Å². The molecule has 204 valence electrons. The molecular weight excluding hydrogens is 520 g/mol. The van der Waals surface area contributed by atoms with Crippen LogP contribution in [0.15, 0.2) is 0 Å². The van der Waals surface area contributed by atoms with Crippen molar-refractivity contribution >= 4 is 9.05 Å². The van der Waals surface area contributed by atoms with Gasteiger partial charge >= 0.3 is 9.05 Å². The predicted octanol–water partition coefficient (Wildman–Crippen LogP) is 4.76. The SMILES string of the molecule is CC(C)(C)O[Si](O)(OC(C)(C)C)OC(C)(C)C.CC(C)CO.CC(C)CO.CC(C)CO.[Zr]. The van der Waals surface area contributed by atoms with E-state index in [-0.39, 0.29) is 26.2 Å². The van der Waals surface area contributed by atoms with Crippen LogP contribution in [0.2, 0.25) is 0 Å². The van der Waals surface area contributed by atoms with E-state index >= 15 is 0 Å². The average molecular weight is 578 g/mol. The monoisotopic (exact) mass is 576 g/mol. The molecule has 0 aliphatic carbocycles. The van der Waals surface area contributed by atoms with Gasteiger partial charge in [-0.05, 0) is 80.1 Å². The number of hydrogen-bond acceptors (Lipinski definition) is 7. The standard InChI is InChI=1S/C12H28O4Si.3C4H10O.Zr/c1-10(2,3)14-17(13,15-11(4,5)6)16-12(7,8)9;3*1-4(2)3-5;/h13H,1-9H3;3*4-5H,3H2,1-2H3;. The molecule has 0 saturated heterocycles. The molecule has 9 heteroatoms. The normalized spacial score (nSPS) is 12.2. The fraction of sp³-hybridized carbons (Fsp3) is 1.00. The first-order chi connectivity index (χ1) is 13.9. The summed E-state index contributed by atoms with van der Waals surface area (Å²) in [6.07, 6.45) is 0. The molecule has 0 fully saturated rings. The van der Waals surface area contributed by atoms with E-state index in [4.69, 9.17) is 28.6 Å². The summed E-state index contributed by atoms with van der Waals surface area (Å²) in [6.45, 7) is 29.5. The summed E-state index contributed by atoms with van der Waals surface area (Å²) < 4.78 is 16.9. The Bertz CT molecular complexity index is 353. The van der Waals surface area contributed by atoms with E-state index in [9.17, 15) is 4.80 Å². The summed E-state index contributed by atoms with van der Waals surface area (Å²) in [6, 6.07) is 0. The smallest absolute Gasteiger partial charge is 0.396 e. The molecule has 4 N–H and O–H groups in total. The van der Waals surface area contributed by atoms with Crippen molar-refractivity contribution in [3.05, 3.63) is 0 Å². The summed E-state index contributed by atoms with van der Waals surface area (Å²) in [5, 5.41) is 24.4. The second kappa shape index (κ2) is 21.0. The molecule has 0 aliphatic rings. The maximum Gasteiger partial charge on any atom is 0.678 e. The van der Waals surface area contributed by atoms with Crippen molar-refractivity contribution < 1.29 is 59.6 Å². The van der Waals surface area contributed by atoms with Gasteiger partial charge in [-0.1, -0.05) is 41.5 Å². The quantitative estimate of drug-likeness (QED) is 0.337. The molecule has 0 aliphatic heterocycles. The molecule has 0 unspecified atom stereocenters. The Kier molecular flexibility index (Phi) is 27.9. The third kappa shape index (κ3) is 50.6. The van der Waals surface area contributed by atoms with Crippen LogP contribution in [0.4, 0.5) is 0 Å². The van der Waals surface area contributed by atoms with Crippen molar-refractivity contribution in [2.24, 2.45) is 17.8 Å². The first-order valence-corrected chi connectivity index (χ1v) is 13.3. The Labute approximate surface area is 226 Å². The molecule has 0 bridgehead atoms. The van der Waals surface area contributed by atoms with Crippen molar-refractivity contribution in [2.75, 3.05) is 19.8 Å². The molecule has 0 heterocycles. The zero-order valence-corrected chi connectivity index (χ0v) is 27.8. The van der Waals surface area contributed by atoms with Gasteiger partial charge in [0.2, 0.25) is 0 Å². The summed E-state index contributed by atoms with van der Waals surface area (Å²) in [7, 11) is -3.66. The van der Waals surface area contributed by atoms with Crippen LogP contribution in [0.1, 0.15) is 104 Å². The summed E-state index contributed by atoms with van der Waals surface area (Å²) in [5.41, 5.74) is -1.55. The summed E-state index contributed by atoms with van der Waals surface area (Å²) in [5.74, 6) is 1.32. The van der Waals surface area contributed by atoms with E-state index in [1.54, 1.807) is 0 Å². The molecule has 0 aromatic rings. The van der Waals surface area contributed by atoms with Gasteiger partial charge < -0.3 is 33.4 Å². The maximum atomic E-state index is 10.5. The van der Waals surface area contributed by atoms with E-state index in [0.29, 0.717) is 37.6 Å². The van der Waals surface area contributed by atoms with Gasteiger partial charge in [0.15, 0.2) is 0 Å². The number of aliphatic hydroxyl groups excluding tert-OH is 3. The second-order valence-electron chi connectivity index (χ2n) is 11.9. The van der Waals surface area contributed by atoms with E-state index in [1.165, 1.54) is 0 Å². The minimum atomic E-state index is -3.66. The van der Waals surface area contributed by atoms with Gasteiger partial charge in [0.25, 0.3) is 0 Å². The summed E-state index contributed by atoms with van der Waals surface area (Å²) in [4.78, 5) is 10.5. The zero-order chi connectivity index (χ0) is 27.0. The van der Waals surface area contributed by atoms with Crippen molar-refractivity contribution in [3.8, 4) is 0 Å². The van der Waals surface area contributed by atoms with Crippen molar-refractivity contribution in [1.29, 1.82) is 0 Å². The molecule has 0 atom stereocenters. The van der Waals surface area contributed by atoms with E-state index in [2.05, 4.69) is 0 Å². The maximum absolute atomic E-state index is 10.5. The van der Waals surface area contributed by atoms with Crippen LogP contribution in [0, 0.1) is 17.8 Å². The minimum absolute atomic E-state index is 0. The van der Waals surface area contributed by atoms with Crippen molar-refractivity contribution in [3.63, 3.8) is 0 Å². The second-order valence-corrected chi connectivity index (χ2v) is 13.6. The van der Waals surface area contributed by atoms with Gasteiger partial charge in [-0.2, -0.15) is 0 Å². The van der Waals surface area contributed by atoms with Gasteiger partial charge in [0.05, 0.1) is 16.8 Å². The Hall–Kier alpha value is 0.820.